The molecule has 1 aliphatic rings. The Bertz CT molecular complexity index is 787. The van der Waals surface area contributed by atoms with E-state index in [0.717, 1.165) is 19.3 Å². The van der Waals surface area contributed by atoms with Crippen molar-refractivity contribution in [3.63, 3.8) is 0 Å². The third kappa shape index (κ3) is 3.39. The number of hydrogen-bond acceptors (Lipinski definition) is 2. The molecule has 2 aromatic rings. The van der Waals surface area contributed by atoms with Crippen LogP contribution < -0.4 is 10.6 Å². The second-order valence-electron chi connectivity index (χ2n) is 5.67. The monoisotopic (exact) mass is 312 g/mol. The van der Waals surface area contributed by atoms with Crippen LogP contribution in [0.4, 0.5) is 15.8 Å². The van der Waals surface area contributed by atoms with Crippen LogP contribution in [0.15, 0.2) is 36.4 Å². The van der Waals surface area contributed by atoms with E-state index < -0.39 is 5.82 Å². The molecule has 2 aromatic carbocycles. The summed E-state index contributed by atoms with van der Waals surface area (Å²) in [6, 6.07) is 9.79. The molecule has 5 heteroatoms. The molecular weight excluding hydrogens is 295 g/mol. The van der Waals surface area contributed by atoms with E-state index in [0.29, 0.717) is 11.3 Å². The highest BCUT2D eigenvalue weighted by Crippen LogP contribution is 2.24. The van der Waals surface area contributed by atoms with Gasteiger partial charge in [-0.05, 0) is 60.7 Å². The van der Waals surface area contributed by atoms with Gasteiger partial charge in [-0.25, -0.2) is 4.39 Å². The van der Waals surface area contributed by atoms with E-state index in [9.17, 15) is 14.0 Å². The molecule has 0 heterocycles. The highest BCUT2D eigenvalue weighted by Gasteiger charge is 2.14. The molecule has 23 heavy (non-hydrogen) atoms. The van der Waals surface area contributed by atoms with Crippen LogP contribution in [-0.4, -0.2) is 11.8 Å². The van der Waals surface area contributed by atoms with Crippen molar-refractivity contribution in [2.24, 2.45) is 0 Å². The highest BCUT2D eigenvalue weighted by molar-refractivity contribution is 6.04. The summed E-state index contributed by atoms with van der Waals surface area (Å²) in [7, 11) is 0. The molecule has 2 amide bonds. The SMILES string of the molecule is CC(=O)Nc1cc(NC(=O)c2ccc3c(c2)CCC3)ccc1F. The number of amides is 2. The standard InChI is InChI=1S/C18H17FN2O2/c1-11(22)20-17-10-15(7-8-16(17)19)21-18(23)14-6-5-12-3-2-4-13(12)9-14/h5-10H,2-4H2,1H3,(H,20,22)(H,21,23). The van der Waals surface area contributed by atoms with Crippen molar-refractivity contribution >= 4 is 23.2 Å². The van der Waals surface area contributed by atoms with Gasteiger partial charge in [0.15, 0.2) is 0 Å². The molecule has 0 unspecified atom stereocenters. The lowest BCUT2D eigenvalue weighted by molar-refractivity contribution is -0.114. The Balaban J connectivity index is 1.78. The number of carbonyl (C=O) groups excluding carboxylic acids is 2. The zero-order valence-corrected chi connectivity index (χ0v) is 12.8. The molecule has 0 saturated carbocycles. The second kappa shape index (κ2) is 6.20. The highest BCUT2D eigenvalue weighted by atomic mass is 19.1. The molecule has 0 bridgehead atoms. The fourth-order valence-corrected chi connectivity index (χ4v) is 2.80. The summed E-state index contributed by atoms with van der Waals surface area (Å²) in [5.74, 6) is -1.16. The molecule has 0 spiro atoms. The molecule has 0 fully saturated rings. The van der Waals surface area contributed by atoms with Crippen molar-refractivity contribution in [3.05, 3.63) is 58.9 Å². The Morgan fingerprint density at radius 3 is 2.57 bits per heavy atom. The van der Waals surface area contributed by atoms with Gasteiger partial charge in [-0.3, -0.25) is 9.59 Å². The fraction of sp³-hybridized carbons (Fsp3) is 0.222. The average molecular weight is 312 g/mol. The van der Waals surface area contributed by atoms with Crippen LogP contribution in [0.25, 0.3) is 0 Å². The summed E-state index contributed by atoms with van der Waals surface area (Å²) in [5, 5.41) is 5.13. The van der Waals surface area contributed by atoms with Crippen LogP contribution in [-0.2, 0) is 17.6 Å². The van der Waals surface area contributed by atoms with Gasteiger partial charge in [-0.1, -0.05) is 6.07 Å². The Kier molecular flexibility index (Phi) is 4.10. The van der Waals surface area contributed by atoms with Crippen molar-refractivity contribution in [2.75, 3.05) is 10.6 Å². The maximum atomic E-state index is 13.6. The molecule has 3 rings (SSSR count). The Labute approximate surface area is 133 Å². The van der Waals surface area contributed by atoms with Gasteiger partial charge in [0.1, 0.15) is 5.82 Å². The molecular formula is C18H17FN2O2. The lowest BCUT2D eigenvalue weighted by atomic mass is 10.1. The second-order valence-corrected chi connectivity index (χ2v) is 5.67. The van der Waals surface area contributed by atoms with E-state index in [-0.39, 0.29) is 17.5 Å². The maximum absolute atomic E-state index is 13.6. The van der Waals surface area contributed by atoms with Crippen LogP contribution in [0.1, 0.15) is 34.8 Å². The van der Waals surface area contributed by atoms with Gasteiger partial charge >= 0.3 is 0 Å². The number of rotatable bonds is 3. The molecule has 0 atom stereocenters. The molecule has 1 aliphatic carbocycles. The number of benzene rings is 2. The first-order valence-corrected chi connectivity index (χ1v) is 7.53. The summed E-state index contributed by atoms with van der Waals surface area (Å²) >= 11 is 0. The van der Waals surface area contributed by atoms with Crippen molar-refractivity contribution < 1.29 is 14.0 Å². The third-order valence-electron chi connectivity index (χ3n) is 3.90. The van der Waals surface area contributed by atoms with Crippen LogP contribution in [0, 0.1) is 5.82 Å². The number of anilines is 2. The Morgan fingerprint density at radius 1 is 1.00 bits per heavy atom. The Hall–Kier alpha value is -2.69. The number of aryl methyl sites for hydroxylation is 2. The van der Waals surface area contributed by atoms with Gasteiger partial charge in [0, 0.05) is 18.2 Å². The predicted octanol–water partition coefficient (Wildman–Crippen LogP) is 3.53. The third-order valence-corrected chi connectivity index (χ3v) is 3.90. The number of fused-ring (bicyclic) bond motifs is 1. The summed E-state index contributed by atoms with van der Waals surface area (Å²) in [6.45, 7) is 1.30. The van der Waals surface area contributed by atoms with Gasteiger partial charge in [0.25, 0.3) is 5.91 Å². The number of hydrogen-bond donors (Lipinski definition) is 2. The van der Waals surface area contributed by atoms with Crippen LogP contribution >= 0.6 is 0 Å². The van der Waals surface area contributed by atoms with E-state index in [1.165, 1.54) is 36.2 Å². The number of halogens is 1. The lowest BCUT2D eigenvalue weighted by Gasteiger charge is -2.10. The van der Waals surface area contributed by atoms with E-state index >= 15 is 0 Å². The number of nitrogens with one attached hydrogen (secondary N) is 2. The smallest absolute Gasteiger partial charge is 0.255 e. The van der Waals surface area contributed by atoms with Gasteiger partial charge in [0.2, 0.25) is 5.91 Å². The normalized spacial score (nSPS) is 12.6. The zero-order valence-electron chi connectivity index (χ0n) is 12.8. The molecule has 0 saturated heterocycles. The first-order valence-electron chi connectivity index (χ1n) is 7.53. The zero-order chi connectivity index (χ0) is 16.4. The van der Waals surface area contributed by atoms with E-state index in [2.05, 4.69) is 10.6 Å². The quantitative estimate of drug-likeness (QED) is 0.911. The predicted molar refractivity (Wildman–Crippen MR) is 87.1 cm³/mol. The molecule has 0 aliphatic heterocycles. The van der Waals surface area contributed by atoms with Crippen LogP contribution in [0.2, 0.25) is 0 Å². The van der Waals surface area contributed by atoms with Gasteiger partial charge < -0.3 is 10.6 Å². The molecule has 0 radical (unpaired) electrons. The summed E-state index contributed by atoms with van der Waals surface area (Å²) in [6.07, 6.45) is 3.19. The first-order chi connectivity index (χ1) is 11.0. The lowest BCUT2D eigenvalue weighted by Crippen LogP contribution is -2.13. The van der Waals surface area contributed by atoms with Crippen molar-refractivity contribution in [1.82, 2.24) is 0 Å². The van der Waals surface area contributed by atoms with Crippen LogP contribution in [0.5, 0.6) is 0 Å². The van der Waals surface area contributed by atoms with Crippen molar-refractivity contribution in [2.45, 2.75) is 26.2 Å². The Morgan fingerprint density at radius 2 is 1.78 bits per heavy atom. The van der Waals surface area contributed by atoms with Gasteiger partial charge in [-0.2, -0.15) is 0 Å². The molecule has 0 aromatic heterocycles. The summed E-state index contributed by atoms with van der Waals surface area (Å²) in [5.41, 5.74) is 3.58. The molecule has 2 N–H and O–H groups in total. The van der Waals surface area contributed by atoms with Crippen molar-refractivity contribution in [3.8, 4) is 0 Å². The summed E-state index contributed by atoms with van der Waals surface area (Å²) < 4.78 is 13.6. The van der Waals surface area contributed by atoms with Gasteiger partial charge in [-0.15, -0.1) is 0 Å². The van der Waals surface area contributed by atoms with Crippen LogP contribution in [0.3, 0.4) is 0 Å². The van der Waals surface area contributed by atoms with E-state index in [4.69, 9.17) is 0 Å². The minimum absolute atomic E-state index is 0.0456. The average Bonchev–Trinajstić information content (AvgIpc) is 2.97. The fourth-order valence-electron chi connectivity index (χ4n) is 2.80. The maximum Gasteiger partial charge on any atom is 0.255 e. The van der Waals surface area contributed by atoms with Crippen molar-refractivity contribution in [1.29, 1.82) is 0 Å². The largest absolute Gasteiger partial charge is 0.324 e. The minimum atomic E-state index is -0.546. The number of carbonyl (C=O) groups is 2. The minimum Gasteiger partial charge on any atom is -0.324 e. The van der Waals surface area contributed by atoms with E-state index in [1.54, 1.807) is 6.07 Å². The first kappa shape index (κ1) is 15.2. The molecule has 4 nitrogen and oxygen atoms in total. The van der Waals surface area contributed by atoms with Gasteiger partial charge in [0.05, 0.1) is 5.69 Å². The summed E-state index contributed by atoms with van der Waals surface area (Å²) in [4.78, 5) is 23.4. The molecule has 118 valence electrons. The van der Waals surface area contributed by atoms with E-state index in [1.807, 2.05) is 12.1 Å². The topological polar surface area (TPSA) is 58.2 Å².